The number of rotatable bonds is 5. The van der Waals surface area contributed by atoms with Gasteiger partial charge in [0.2, 0.25) is 0 Å². The van der Waals surface area contributed by atoms with Gasteiger partial charge in [-0.3, -0.25) is 0 Å². The molecule has 1 aliphatic heterocycles. The largest absolute Gasteiger partial charge is 0.488 e. The molecule has 2 heterocycles. The van der Waals surface area contributed by atoms with Crippen LogP contribution in [0.2, 0.25) is 0 Å². The minimum absolute atomic E-state index is 0.275. The Hall–Kier alpha value is -1.32. The zero-order chi connectivity index (χ0) is 13.9. The van der Waals surface area contributed by atoms with Crippen molar-refractivity contribution in [2.24, 2.45) is 0 Å². The first-order chi connectivity index (χ1) is 9.70. The molecule has 0 saturated carbocycles. The van der Waals surface area contributed by atoms with Crippen molar-refractivity contribution in [2.75, 3.05) is 6.54 Å². The third-order valence-corrected chi connectivity index (χ3v) is 4.51. The molecule has 0 aliphatic carbocycles. The Morgan fingerprint density at radius 1 is 1.40 bits per heavy atom. The summed E-state index contributed by atoms with van der Waals surface area (Å²) in [6.07, 6.45) is 2.38. The molecule has 1 N–H and O–H groups in total. The van der Waals surface area contributed by atoms with E-state index >= 15 is 0 Å². The van der Waals surface area contributed by atoms with Crippen LogP contribution in [-0.2, 0) is 12.8 Å². The zero-order valence-corrected chi connectivity index (χ0v) is 12.9. The van der Waals surface area contributed by atoms with Gasteiger partial charge in [0.1, 0.15) is 11.9 Å². The molecule has 2 unspecified atom stereocenters. The molecule has 3 heteroatoms. The number of hydrogen-bond acceptors (Lipinski definition) is 3. The average Bonchev–Trinajstić information content (AvgIpc) is 3.04. The van der Waals surface area contributed by atoms with Gasteiger partial charge in [-0.25, -0.2) is 0 Å². The summed E-state index contributed by atoms with van der Waals surface area (Å²) in [5, 5.41) is 7.96. The maximum Gasteiger partial charge on any atom is 0.123 e. The predicted molar refractivity (Wildman–Crippen MR) is 84.8 cm³/mol. The Bertz CT molecular complexity index is 564. The molecular weight excluding hydrogens is 266 g/mol. The van der Waals surface area contributed by atoms with Crippen molar-refractivity contribution in [1.29, 1.82) is 0 Å². The summed E-state index contributed by atoms with van der Waals surface area (Å²) in [5.74, 6) is 1.06. The van der Waals surface area contributed by atoms with E-state index < -0.39 is 0 Å². The minimum Gasteiger partial charge on any atom is -0.488 e. The van der Waals surface area contributed by atoms with E-state index in [-0.39, 0.29) is 6.10 Å². The van der Waals surface area contributed by atoms with Gasteiger partial charge in [0.05, 0.1) is 0 Å². The maximum atomic E-state index is 5.99. The highest BCUT2D eigenvalue weighted by molar-refractivity contribution is 7.07. The zero-order valence-electron chi connectivity index (χ0n) is 12.1. The first-order valence-electron chi connectivity index (χ1n) is 7.21. The minimum atomic E-state index is 0.275. The van der Waals surface area contributed by atoms with Gasteiger partial charge in [-0.1, -0.05) is 17.7 Å². The van der Waals surface area contributed by atoms with Crippen molar-refractivity contribution in [3.05, 3.63) is 51.7 Å². The molecule has 1 aliphatic rings. The molecule has 0 saturated heterocycles. The van der Waals surface area contributed by atoms with E-state index in [1.165, 1.54) is 16.7 Å². The van der Waals surface area contributed by atoms with E-state index in [9.17, 15) is 0 Å². The number of benzene rings is 1. The average molecular weight is 287 g/mol. The summed E-state index contributed by atoms with van der Waals surface area (Å²) in [6, 6.07) is 9.14. The van der Waals surface area contributed by atoms with E-state index in [4.69, 9.17) is 4.74 Å². The highest BCUT2D eigenvalue weighted by atomic mass is 32.1. The summed E-state index contributed by atoms with van der Waals surface area (Å²) < 4.78 is 5.99. The Morgan fingerprint density at radius 2 is 2.30 bits per heavy atom. The number of aryl methyl sites for hydroxylation is 1. The van der Waals surface area contributed by atoms with Gasteiger partial charge in [0, 0.05) is 19.0 Å². The molecular formula is C17H21NOS. The third-order valence-electron chi connectivity index (χ3n) is 3.77. The van der Waals surface area contributed by atoms with Crippen LogP contribution in [0.25, 0.3) is 0 Å². The normalized spacial score (nSPS) is 18.6. The Kier molecular flexibility index (Phi) is 4.08. The number of ether oxygens (including phenoxy) is 1. The van der Waals surface area contributed by atoms with Gasteiger partial charge in [-0.05, 0) is 54.3 Å². The third kappa shape index (κ3) is 3.22. The highest BCUT2D eigenvalue weighted by Crippen LogP contribution is 2.29. The van der Waals surface area contributed by atoms with Crippen molar-refractivity contribution in [2.45, 2.75) is 38.8 Å². The molecule has 2 aromatic rings. The highest BCUT2D eigenvalue weighted by Gasteiger charge is 2.22. The van der Waals surface area contributed by atoms with E-state index in [0.717, 1.165) is 25.1 Å². The van der Waals surface area contributed by atoms with E-state index in [2.05, 4.69) is 54.2 Å². The number of thiophene rings is 1. The molecule has 0 amide bonds. The molecule has 1 aromatic heterocycles. The Balaban J connectivity index is 1.48. The fourth-order valence-corrected chi connectivity index (χ4v) is 3.41. The van der Waals surface area contributed by atoms with Gasteiger partial charge in [0.15, 0.2) is 0 Å². The lowest BCUT2D eigenvalue weighted by Gasteiger charge is -2.17. The summed E-state index contributed by atoms with van der Waals surface area (Å²) >= 11 is 1.77. The van der Waals surface area contributed by atoms with Crippen molar-refractivity contribution in [1.82, 2.24) is 5.32 Å². The van der Waals surface area contributed by atoms with E-state index in [1.807, 2.05) is 0 Å². The van der Waals surface area contributed by atoms with Crippen LogP contribution in [-0.4, -0.2) is 18.7 Å². The van der Waals surface area contributed by atoms with Crippen molar-refractivity contribution in [3.8, 4) is 5.75 Å². The van der Waals surface area contributed by atoms with Crippen LogP contribution in [0.3, 0.4) is 0 Å². The van der Waals surface area contributed by atoms with Gasteiger partial charge in [0.25, 0.3) is 0 Å². The van der Waals surface area contributed by atoms with Crippen LogP contribution in [0, 0.1) is 6.92 Å². The fourth-order valence-electron chi connectivity index (χ4n) is 2.73. The monoisotopic (exact) mass is 287 g/mol. The van der Waals surface area contributed by atoms with Crippen LogP contribution < -0.4 is 10.1 Å². The molecule has 20 heavy (non-hydrogen) atoms. The van der Waals surface area contributed by atoms with E-state index in [0.29, 0.717) is 6.04 Å². The lowest BCUT2D eigenvalue weighted by atomic mass is 10.1. The van der Waals surface area contributed by atoms with E-state index in [1.54, 1.807) is 11.3 Å². The number of fused-ring (bicyclic) bond motifs is 1. The second-order valence-corrected chi connectivity index (χ2v) is 6.48. The molecule has 2 atom stereocenters. The second-order valence-electron chi connectivity index (χ2n) is 5.70. The summed E-state index contributed by atoms with van der Waals surface area (Å²) in [6.45, 7) is 5.29. The molecule has 0 bridgehead atoms. The van der Waals surface area contributed by atoms with Gasteiger partial charge in [-0.2, -0.15) is 11.3 Å². The SMILES string of the molecule is Cc1ccc2c(c1)CC(CNC(C)Cc1ccsc1)O2. The maximum absolute atomic E-state index is 5.99. The van der Waals surface area contributed by atoms with Crippen LogP contribution in [0.1, 0.15) is 23.6 Å². The van der Waals surface area contributed by atoms with Gasteiger partial charge in [-0.15, -0.1) is 0 Å². The quantitative estimate of drug-likeness (QED) is 0.907. The lowest BCUT2D eigenvalue weighted by Crippen LogP contribution is -2.36. The Labute approximate surface area is 124 Å². The molecule has 0 fully saturated rings. The standard InChI is InChI=1S/C17H21NOS/c1-12-3-4-17-15(7-12)9-16(19-17)10-18-13(2)8-14-5-6-20-11-14/h3-7,11,13,16,18H,8-10H2,1-2H3. The smallest absolute Gasteiger partial charge is 0.123 e. The summed E-state index contributed by atoms with van der Waals surface area (Å²) in [5.41, 5.74) is 4.08. The van der Waals surface area contributed by atoms with Crippen LogP contribution in [0.4, 0.5) is 0 Å². The molecule has 0 spiro atoms. The molecule has 1 aromatic carbocycles. The topological polar surface area (TPSA) is 21.3 Å². The second kappa shape index (κ2) is 5.98. The molecule has 106 valence electrons. The van der Waals surface area contributed by atoms with Crippen LogP contribution in [0.15, 0.2) is 35.0 Å². The van der Waals surface area contributed by atoms with Crippen molar-refractivity contribution < 1.29 is 4.74 Å². The van der Waals surface area contributed by atoms with Crippen LogP contribution in [0.5, 0.6) is 5.75 Å². The van der Waals surface area contributed by atoms with Crippen LogP contribution >= 0.6 is 11.3 Å². The van der Waals surface area contributed by atoms with Crippen molar-refractivity contribution in [3.63, 3.8) is 0 Å². The predicted octanol–water partition coefficient (Wildman–Crippen LogP) is 3.58. The summed E-state index contributed by atoms with van der Waals surface area (Å²) in [7, 11) is 0. The molecule has 3 rings (SSSR count). The number of nitrogens with one attached hydrogen (secondary N) is 1. The first-order valence-corrected chi connectivity index (χ1v) is 8.15. The fraction of sp³-hybridized carbons (Fsp3) is 0.412. The van der Waals surface area contributed by atoms with Gasteiger partial charge >= 0.3 is 0 Å². The first kappa shape index (κ1) is 13.7. The number of hydrogen-bond donors (Lipinski definition) is 1. The molecule has 2 nitrogen and oxygen atoms in total. The molecule has 0 radical (unpaired) electrons. The Morgan fingerprint density at radius 3 is 3.10 bits per heavy atom. The lowest BCUT2D eigenvalue weighted by molar-refractivity contribution is 0.222. The van der Waals surface area contributed by atoms with Gasteiger partial charge < -0.3 is 10.1 Å². The summed E-state index contributed by atoms with van der Waals surface area (Å²) in [4.78, 5) is 0. The van der Waals surface area contributed by atoms with Crippen molar-refractivity contribution >= 4 is 11.3 Å².